The Labute approximate surface area is 174 Å². The molecule has 8 nitrogen and oxygen atoms in total. The molecule has 31 heavy (non-hydrogen) atoms. The number of fused-ring (bicyclic) bond motifs is 2. The second kappa shape index (κ2) is 6.77. The third-order valence-corrected chi connectivity index (χ3v) is 5.15. The molecule has 0 unspecified atom stereocenters. The molecule has 5 heterocycles. The molecule has 0 bridgehead atoms. The van der Waals surface area contributed by atoms with E-state index in [0.29, 0.717) is 39.2 Å². The molecule has 0 spiro atoms. The normalized spacial score (nSPS) is 11.4. The van der Waals surface area contributed by atoms with E-state index in [9.17, 15) is 0 Å². The number of hydrogen-bond donors (Lipinski definition) is 2. The van der Waals surface area contributed by atoms with Crippen molar-refractivity contribution in [3.8, 4) is 33.8 Å². The minimum atomic E-state index is -0.418. The Balaban J connectivity index is 1.56. The molecule has 0 aliphatic rings. The second-order valence-corrected chi connectivity index (χ2v) is 6.93. The minimum absolute atomic E-state index is 0.339. The van der Waals surface area contributed by atoms with Crippen molar-refractivity contribution in [1.82, 2.24) is 40.1 Å². The molecule has 5 aromatic heterocycles. The van der Waals surface area contributed by atoms with Crippen molar-refractivity contribution in [2.45, 2.75) is 0 Å². The van der Waals surface area contributed by atoms with Gasteiger partial charge in [-0.2, -0.15) is 5.10 Å². The highest BCUT2D eigenvalue weighted by Gasteiger charge is 2.20. The number of rotatable bonds is 3. The van der Waals surface area contributed by atoms with Gasteiger partial charge in [-0.1, -0.05) is 0 Å². The van der Waals surface area contributed by atoms with Crippen molar-refractivity contribution < 1.29 is 4.39 Å². The van der Waals surface area contributed by atoms with E-state index in [1.807, 2.05) is 18.2 Å². The lowest BCUT2D eigenvalue weighted by atomic mass is 10.0. The molecule has 0 saturated heterocycles. The first-order valence-electron chi connectivity index (χ1n) is 9.47. The van der Waals surface area contributed by atoms with Crippen molar-refractivity contribution in [2.24, 2.45) is 0 Å². The number of hydrogen-bond acceptors (Lipinski definition) is 6. The third-order valence-electron chi connectivity index (χ3n) is 5.15. The predicted molar refractivity (Wildman–Crippen MR) is 113 cm³/mol. The van der Waals surface area contributed by atoms with Crippen LogP contribution in [0, 0.1) is 5.82 Å². The van der Waals surface area contributed by atoms with Crippen molar-refractivity contribution in [1.29, 1.82) is 0 Å². The zero-order valence-electron chi connectivity index (χ0n) is 15.9. The maximum atomic E-state index is 15.6. The van der Waals surface area contributed by atoms with Crippen molar-refractivity contribution in [3.05, 3.63) is 73.5 Å². The van der Waals surface area contributed by atoms with Crippen molar-refractivity contribution >= 4 is 22.1 Å². The Morgan fingerprint density at radius 2 is 1.65 bits per heavy atom. The molecule has 0 aliphatic heterocycles. The molecule has 9 heteroatoms. The van der Waals surface area contributed by atoms with Crippen LogP contribution in [0.3, 0.4) is 0 Å². The molecular weight excluding hydrogens is 395 g/mol. The molecule has 2 N–H and O–H groups in total. The summed E-state index contributed by atoms with van der Waals surface area (Å²) in [5, 5.41) is 7.56. The van der Waals surface area contributed by atoms with Gasteiger partial charge in [-0.05, 0) is 35.9 Å². The van der Waals surface area contributed by atoms with E-state index in [1.165, 1.54) is 6.33 Å². The summed E-state index contributed by atoms with van der Waals surface area (Å²) in [6, 6.07) is 9.18. The summed E-state index contributed by atoms with van der Waals surface area (Å²) in [5.41, 5.74) is 5.08. The predicted octanol–water partition coefficient (Wildman–Crippen LogP) is 4.16. The van der Waals surface area contributed by atoms with Crippen LogP contribution in [0.5, 0.6) is 0 Å². The highest BCUT2D eigenvalue weighted by molar-refractivity contribution is 5.97. The largest absolute Gasteiger partial charge is 0.335 e. The van der Waals surface area contributed by atoms with Gasteiger partial charge in [-0.3, -0.25) is 10.1 Å². The van der Waals surface area contributed by atoms with Crippen LogP contribution in [0.1, 0.15) is 0 Å². The Hall–Kier alpha value is -4.53. The Morgan fingerprint density at radius 1 is 0.806 bits per heavy atom. The van der Waals surface area contributed by atoms with Gasteiger partial charge in [0.1, 0.15) is 17.8 Å². The van der Waals surface area contributed by atoms with Gasteiger partial charge in [-0.25, -0.2) is 24.3 Å². The zero-order valence-corrected chi connectivity index (χ0v) is 15.9. The molecule has 6 aromatic rings. The van der Waals surface area contributed by atoms with Crippen LogP contribution < -0.4 is 0 Å². The lowest BCUT2D eigenvalue weighted by molar-refractivity contribution is 0.643. The van der Waals surface area contributed by atoms with Crippen LogP contribution in [0.25, 0.3) is 55.8 Å². The summed E-state index contributed by atoms with van der Waals surface area (Å²) in [5.74, 6) is 0.00874. The maximum absolute atomic E-state index is 15.6. The standard InChI is InChI=1S/C22H13FN8/c23-18-14(13-9-25-11-26-10-13)1-2-16-17(18)20(31-30-16)22-28-19-15(5-8-27-21(19)29-22)12-3-6-24-7-4-12/h1-11H,(H,30,31)(H,27,28,29). The van der Waals surface area contributed by atoms with Crippen molar-refractivity contribution in [2.75, 3.05) is 0 Å². The van der Waals surface area contributed by atoms with E-state index in [4.69, 9.17) is 0 Å². The van der Waals surface area contributed by atoms with E-state index in [2.05, 4.69) is 40.1 Å². The van der Waals surface area contributed by atoms with Gasteiger partial charge in [-0.15, -0.1) is 0 Å². The lowest BCUT2D eigenvalue weighted by Gasteiger charge is -2.04. The van der Waals surface area contributed by atoms with Gasteiger partial charge in [0.05, 0.1) is 16.4 Å². The fourth-order valence-electron chi connectivity index (χ4n) is 3.70. The van der Waals surface area contributed by atoms with E-state index in [-0.39, 0.29) is 0 Å². The first-order chi connectivity index (χ1) is 15.3. The number of benzene rings is 1. The maximum Gasteiger partial charge on any atom is 0.178 e. The molecule has 0 fully saturated rings. The van der Waals surface area contributed by atoms with Gasteiger partial charge < -0.3 is 4.98 Å². The average molecular weight is 408 g/mol. The summed E-state index contributed by atoms with van der Waals surface area (Å²) < 4.78 is 15.6. The molecule has 0 atom stereocenters. The number of aromatic nitrogens is 8. The number of pyridine rings is 2. The van der Waals surface area contributed by atoms with E-state index >= 15 is 4.39 Å². The number of aromatic amines is 2. The van der Waals surface area contributed by atoms with E-state index in [0.717, 1.165) is 16.6 Å². The zero-order chi connectivity index (χ0) is 20.8. The summed E-state index contributed by atoms with van der Waals surface area (Å²) >= 11 is 0. The van der Waals surface area contributed by atoms with E-state index in [1.54, 1.807) is 43.1 Å². The Bertz CT molecular complexity index is 1540. The summed E-state index contributed by atoms with van der Waals surface area (Å²) in [6.07, 6.45) is 9.70. The van der Waals surface area contributed by atoms with Gasteiger partial charge in [0.2, 0.25) is 0 Å². The fourth-order valence-corrected chi connectivity index (χ4v) is 3.70. The lowest BCUT2D eigenvalue weighted by Crippen LogP contribution is -1.90. The summed E-state index contributed by atoms with van der Waals surface area (Å²) in [7, 11) is 0. The molecule has 0 amide bonds. The molecule has 1 aromatic carbocycles. The van der Waals surface area contributed by atoms with Gasteiger partial charge in [0.25, 0.3) is 0 Å². The van der Waals surface area contributed by atoms with Crippen LogP contribution in [0.2, 0.25) is 0 Å². The van der Waals surface area contributed by atoms with Gasteiger partial charge in [0.15, 0.2) is 11.5 Å². The number of nitrogens with zero attached hydrogens (tertiary/aromatic N) is 6. The first kappa shape index (κ1) is 17.3. The Morgan fingerprint density at radius 3 is 2.48 bits per heavy atom. The topological polar surface area (TPSA) is 109 Å². The number of halogens is 1. The summed E-state index contributed by atoms with van der Waals surface area (Å²) in [4.78, 5) is 24.3. The van der Waals surface area contributed by atoms with E-state index < -0.39 is 5.82 Å². The van der Waals surface area contributed by atoms with Crippen LogP contribution >= 0.6 is 0 Å². The molecule has 0 aliphatic carbocycles. The monoisotopic (exact) mass is 408 g/mol. The second-order valence-electron chi connectivity index (χ2n) is 6.93. The Kier molecular flexibility index (Phi) is 3.79. The van der Waals surface area contributed by atoms with Gasteiger partial charge in [0, 0.05) is 47.7 Å². The highest BCUT2D eigenvalue weighted by Crippen LogP contribution is 2.34. The fraction of sp³-hybridized carbons (Fsp3) is 0. The third kappa shape index (κ3) is 2.75. The quantitative estimate of drug-likeness (QED) is 0.455. The molecule has 6 rings (SSSR count). The number of H-pyrrole nitrogens is 2. The average Bonchev–Trinajstić information content (AvgIpc) is 3.45. The van der Waals surface area contributed by atoms with Crippen LogP contribution in [-0.2, 0) is 0 Å². The molecule has 0 radical (unpaired) electrons. The SMILES string of the molecule is Fc1c(-c2cncnc2)ccc2[nH]nc(-c3nc4nccc(-c5ccncc5)c4[nH]3)c12. The van der Waals surface area contributed by atoms with Crippen molar-refractivity contribution in [3.63, 3.8) is 0 Å². The van der Waals surface area contributed by atoms with Crippen LogP contribution in [0.15, 0.2) is 67.6 Å². The number of imidazole rings is 1. The van der Waals surface area contributed by atoms with Gasteiger partial charge >= 0.3 is 0 Å². The smallest absolute Gasteiger partial charge is 0.178 e. The number of nitrogens with one attached hydrogen (secondary N) is 2. The highest BCUT2D eigenvalue weighted by atomic mass is 19.1. The minimum Gasteiger partial charge on any atom is -0.335 e. The molecule has 148 valence electrons. The van der Waals surface area contributed by atoms with Crippen LogP contribution in [-0.4, -0.2) is 40.1 Å². The first-order valence-corrected chi connectivity index (χ1v) is 9.47. The molecular formula is C22H13FN8. The summed E-state index contributed by atoms with van der Waals surface area (Å²) in [6.45, 7) is 0. The van der Waals surface area contributed by atoms with Crippen LogP contribution in [0.4, 0.5) is 4.39 Å². The molecule has 0 saturated carbocycles.